The second-order valence-corrected chi connectivity index (χ2v) is 10.0. The lowest BCUT2D eigenvalue weighted by atomic mass is 9.87. The zero-order chi connectivity index (χ0) is 22.0. The van der Waals surface area contributed by atoms with E-state index in [1.165, 1.54) is 5.56 Å². The Kier molecular flexibility index (Phi) is 6.49. The lowest BCUT2D eigenvalue weighted by molar-refractivity contribution is -0.135. The molecule has 7 heteroatoms. The first-order chi connectivity index (χ1) is 15.6. The van der Waals surface area contributed by atoms with Gasteiger partial charge >= 0.3 is 6.03 Å². The van der Waals surface area contributed by atoms with Crippen molar-refractivity contribution in [3.63, 3.8) is 0 Å². The molecule has 7 nitrogen and oxygen atoms in total. The largest absolute Gasteiger partial charge is 0.381 e. The number of likely N-dealkylation sites (tertiary alicyclic amines) is 2. The number of imide groups is 1. The summed E-state index contributed by atoms with van der Waals surface area (Å²) < 4.78 is 5.53. The molecule has 1 spiro atoms. The molecule has 5 rings (SSSR count). The predicted octanol–water partition coefficient (Wildman–Crippen LogP) is 2.12. The summed E-state index contributed by atoms with van der Waals surface area (Å²) in [5.41, 5.74) is 0.650. The molecule has 4 heterocycles. The number of piperidine rings is 2. The van der Waals surface area contributed by atoms with Crippen LogP contribution in [0, 0.1) is 5.92 Å². The highest BCUT2D eigenvalue weighted by Gasteiger charge is 2.54. The van der Waals surface area contributed by atoms with Crippen molar-refractivity contribution in [2.45, 2.75) is 50.1 Å². The molecule has 0 radical (unpaired) electrons. The average Bonchev–Trinajstić information content (AvgIpc) is 3.40. The summed E-state index contributed by atoms with van der Waals surface area (Å²) in [4.78, 5) is 32.9. The first kappa shape index (κ1) is 21.9. The summed E-state index contributed by atoms with van der Waals surface area (Å²) >= 11 is 0. The van der Waals surface area contributed by atoms with Crippen molar-refractivity contribution in [3.05, 3.63) is 35.9 Å². The Morgan fingerprint density at radius 2 is 1.84 bits per heavy atom. The van der Waals surface area contributed by atoms with E-state index in [1.807, 2.05) is 6.07 Å². The number of nitrogens with one attached hydrogen (secondary N) is 1. The quantitative estimate of drug-likeness (QED) is 0.687. The predicted molar refractivity (Wildman–Crippen MR) is 122 cm³/mol. The fraction of sp³-hybridized carbons (Fsp3) is 0.680. The van der Waals surface area contributed by atoms with Crippen molar-refractivity contribution < 1.29 is 14.3 Å². The molecular weight excluding hydrogens is 404 g/mol. The van der Waals surface area contributed by atoms with Gasteiger partial charge in [0.2, 0.25) is 0 Å². The second-order valence-electron chi connectivity index (χ2n) is 10.0. The summed E-state index contributed by atoms with van der Waals surface area (Å²) in [6.45, 7) is 7.27. The molecule has 0 aromatic heterocycles. The molecule has 4 aliphatic heterocycles. The smallest absolute Gasteiger partial charge is 0.325 e. The van der Waals surface area contributed by atoms with Crippen LogP contribution in [0.15, 0.2) is 30.3 Å². The number of urea groups is 1. The van der Waals surface area contributed by atoms with Gasteiger partial charge in [-0.1, -0.05) is 30.3 Å². The lowest BCUT2D eigenvalue weighted by Crippen LogP contribution is -2.56. The number of ether oxygens (including phenoxy) is 1. The normalized spacial score (nSPS) is 29.1. The fourth-order valence-electron chi connectivity index (χ4n) is 5.90. The van der Waals surface area contributed by atoms with E-state index in [0.29, 0.717) is 18.8 Å². The van der Waals surface area contributed by atoms with Gasteiger partial charge in [0.05, 0.1) is 12.6 Å². The minimum absolute atomic E-state index is 0.00550. The summed E-state index contributed by atoms with van der Waals surface area (Å²) in [6, 6.07) is 10.3. The van der Waals surface area contributed by atoms with Crippen LogP contribution in [0.2, 0.25) is 0 Å². The minimum atomic E-state index is -0.693. The molecule has 0 saturated carbocycles. The standard InChI is InChI=1S/C25H36N4O3/c30-23-25(10-14-27(15-11-25)13-8-20-5-2-1-3-6-20)26-24(31)29(23)22-7-4-12-28(18-22)17-21-9-16-32-19-21/h1-3,5-6,21-22H,4,7-19H2,(H,26,31). The van der Waals surface area contributed by atoms with Crippen LogP contribution in [-0.2, 0) is 16.0 Å². The van der Waals surface area contributed by atoms with E-state index in [2.05, 4.69) is 39.4 Å². The molecule has 0 aliphatic carbocycles. The van der Waals surface area contributed by atoms with Gasteiger partial charge in [0.25, 0.3) is 5.91 Å². The lowest BCUT2D eigenvalue weighted by Gasteiger charge is -2.39. The molecule has 1 aromatic rings. The van der Waals surface area contributed by atoms with Gasteiger partial charge in [-0.25, -0.2) is 4.79 Å². The van der Waals surface area contributed by atoms with Crippen LogP contribution in [0.5, 0.6) is 0 Å². The number of benzene rings is 1. The van der Waals surface area contributed by atoms with Crippen LogP contribution in [0.1, 0.15) is 37.7 Å². The SMILES string of the molecule is O=C1NC2(CCN(CCc3ccccc3)CC2)C(=O)N1C1CCCN(CC2CCOC2)C1. The van der Waals surface area contributed by atoms with Crippen molar-refractivity contribution in [2.24, 2.45) is 5.92 Å². The van der Waals surface area contributed by atoms with Gasteiger partial charge in [-0.05, 0) is 56.6 Å². The number of carbonyl (C=O) groups is 2. The molecule has 4 fully saturated rings. The Morgan fingerprint density at radius 1 is 1.03 bits per heavy atom. The zero-order valence-electron chi connectivity index (χ0n) is 19.0. The Labute approximate surface area is 191 Å². The molecule has 0 bridgehead atoms. The first-order valence-electron chi connectivity index (χ1n) is 12.4. The Balaban J connectivity index is 1.16. The third-order valence-corrected chi connectivity index (χ3v) is 7.85. The number of hydrogen-bond acceptors (Lipinski definition) is 5. The highest BCUT2D eigenvalue weighted by molar-refractivity contribution is 6.07. The summed E-state index contributed by atoms with van der Waals surface area (Å²) in [5, 5.41) is 3.12. The summed E-state index contributed by atoms with van der Waals surface area (Å²) in [7, 11) is 0. The first-order valence-corrected chi connectivity index (χ1v) is 12.4. The van der Waals surface area contributed by atoms with E-state index in [4.69, 9.17) is 4.74 Å². The van der Waals surface area contributed by atoms with Crippen LogP contribution < -0.4 is 5.32 Å². The Hall–Kier alpha value is -1.96. The molecular formula is C25H36N4O3. The van der Waals surface area contributed by atoms with Crippen molar-refractivity contribution in [3.8, 4) is 0 Å². The molecule has 32 heavy (non-hydrogen) atoms. The summed E-state index contributed by atoms with van der Waals surface area (Å²) in [6.07, 6.45) is 5.50. The highest BCUT2D eigenvalue weighted by Crippen LogP contribution is 2.32. The van der Waals surface area contributed by atoms with E-state index in [0.717, 1.165) is 78.2 Å². The van der Waals surface area contributed by atoms with Crippen molar-refractivity contribution >= 4 is 11.9 Å². The van der Waals surface area contributed by atoms with Gasteiger partial charge in [0, 0.05) is 39.3 Å². The van der Waals surface area contributed by atoms with Gasteiger partial charge in [0.1, 0.15) is 5.54 Å². The van der Waals surface area contributed by atoms with E-state index >= 15 is 0 Å². The molecule has 2 atom stereocenters. The molecule has 2 unspecified atom stereocenters. The van der Waals surface area contributed by atoms with Crippen LogP contribution in [0.3, 0.4) is 0 Å². The number of carbonyl (C=O) groups excluding carboxylic acids is 2. The molecule has 174 valence electrons. The fourth-order valence-corrected chi connectivity index (χ4v) is 5.90. The van der Waals surface area contributed by atoms with Crippen molar-refractivity contribution in [1.29, 1.82) is 0 Å². The van der Waals surface area contributed by atoms with E-state index in [9.17, 15) is 9.59 Å². The molecule has 4 aliphatic rings. The molecule has 4 saturated heterocycles. The second kappa shape index (κ2) is 9.49. The van der Waals surface area contributed by atoms with E-state index in [1.54, 1.807) is 4.90 Å². The van der Waals surface area contributed by atoms with Gasteiger partial charge in [-0.3, -0.25) is 9.69 Å². The van der Waals surface area contributed by atoms with Gasteiger partial charge < -0.3 is 19.9 Å². The van der Waals surface area contributed by atoms with Crippen LogP contribution in [-0.4, -0.2) is 90.7 Å². The minimum Gasteiger partial charge on any atom is -0.381 e. The number of hydrogen-bond donors (Lipinski definition) is 1. The Bertz CT molecular complexity index is 803. The van der Waals surface area contributed by atoms with Crippen molar-refractivity contribution in [2.75, 3.05) is 52.5 Å². The Morgan fingerprint density at radius 3 is 2.59 bits per heavy atom. The monoisotopic (exact) mass is 440 g/mol. The van der Waals surface area contributed by atoms with E-state index < -0.39 is 5.54 Å². The summed E-state index contributed by atoms with van der Waals surface area (Å²) in [5.74, 6) is 0.602. The molecule has 3 amide bonds. The maximum Gasteiger partial charge on any atom is 0.325 e. The average molecular weight is 441 g/mol. The van der Waals surface area contributed by atoms with Gasteiger partial charge in [-0.15, -0.1) is 0 Å². The van der Waals surface area contributed by atoms with Crippen molar-refractivity contribution in [1.82, 2.24) is 20.0 Å². The zero-order valence-corrected chi connectivity index (χ0v) is 19.0. The topological polar surface area (TPSA) is 65.1 Å². The maximum atomic E-state index is 13.5. The number of amides is 3. The third kappa shape index (κ3) is 4.56. The van der Waals surface area contributed by atoms with Gasteiger partial charge in [0.15, 0.2) is 0 Å². The number of rotatable bonds is 6. The third-order valence-electron chi connectivity index (χ3n) is 7.85. The molecule has 1 N–H and O–H groups in total. The number of nitrogens with zero attached hydrogens (tertiary/aromatic N) is 3. The van der Waals surface area contributed by atoms with E-state index in [-0.39, 0.29) is 18.0 Å². The highest BCUT2D eigenvalue weighted by atomic mass is 16.5. The molecule has 1 aromatic carbocycles. The van der Waals surface area contributed by atoms with Gasteiger partial charge in [-0.2, -0.15) is 0 Å². The maximum absolute atomic E-state index is 13.5. The van der Waals surface area contributed by atoms with Crippen LogP contribution in [0.4, 0.5) is 4.79 Å². The van der Waals surface area contributed by atoms with Crippen LogP contribution >= 0.6 is 0 Å². The van der Waals surface area contributed by atoms with Crippen LogP contribution in [0.25, 0.3) is 0 Å².